The lowest BCUT2D eigenvalue weighted by atomic mass is 9.97. The number of aromatic nitrogens is 3. The van der Waals surface area contributed by atoms with E-state index in [0.717, 1.165) is 44.2 Å². The summed E-state index contributed by atoms with van der Waals surface area (Å²) in [6.45, 7) is 0. The highest BCUT2D eigenvalue weighted by atomic mass is 32.1. The van der Waals surface area contributed by atoms with Crippen molar-refractivity contribution >= 4 is 53.4 Å². The van der Waals surface area contributed by atoms with Crippen LogP contribution < -0.4 is 0 Å². The highest BCUT2D eigenvalue weighted by Gasteiger charge is 2.19. The van der Waals surface area contributed by atoms with Crippen LogP contribution in [0.5, 0.6) is 0 Å². The third-order valence-corrected chi connectivity index (χ3v) is 10.2. The van der Waals surface area contributed by atoms with Gasteiger partial charge in [0, 0.05) is 53.2 Å². The molecule has 0 unspecified atom stereocenters. The molecule has 0 bridgehead atoms. The second-order valence-electron chi connectivity index (χ2n) is 12.0. The fourth-order valence-corrected chi connectivity index (χ4v) is 7.94. The topological polar surface area (TPSA) is 51.8 Å². The van der Waals surface area contributed by atoms with E-state index in [1.54, 1.807) is 29.5 Å². The molecule has 4 nitrogen and oxygen atoms in total. The molecule has 10 rings (SSSR count). The Morgan fingerprint density at radius 3 is 1.98 bits per heavy atom. The van der Waals surface area contributed by atoms with Gasteiger partial charge in [-0.25, -0.2) is 15.0 Å². The zero-order valence-electron chi connectivity index (χ0n) is 31.4. The van der Waals surface area contributed by atoms with Gasteiger partial charge in [0.2, 0.25) is 0 Å². The Labute approximate surface area is 299 Å². The van der Waals surface area contributed by atoms with E-state index in [1.807, 2.05) is 60.7 Å². The molecule has 0 fully saturated rings. The normalized spacial score (nSPS) is 13.0. The number of benzene rings is 7. The molecule has 0 radical (unpaired) electrons. The molecule has 0 aliphatic rings. The number of hydrogen-bond donors (Lipinski definition) is 0. The molecular weight excluding hydrogens is 631 g/mol. The maximum Gasteiger partial charge on any atom is 0.164 e. The molecule has 0 atom stereocenters. The molecule has 7 aromatic carbocycles. The molecule has 0 saturated carbocycles. The molecular formula is C45H27N3OS. The van der Waals surface area contributed by atoms with Crippen LogP contribution in [-0.4, -0.2) is 15.0 Å². The summed E-state index contributed by atoms with van der Waals surface area (Å²) in [5, 5.41) is 4.42. The minimum absolute atomic E-state index is 0.116. The first-order valence-electron chi connectivity index (χ1n) is 18.7. The van der Waals surface area contributed by atoms with Gasteiger partial charge < -0.3 is 4.42 Å². The zero-order chi connectivity index (χ0) is 37.4. The van der Waals surface area contributed by atoms with Gasteiger partial charge in [-0.05, 0) is 53.1 Å². The van der Waals surface area contributed by atoms with Gasteiger partial charge in [-0.3, -0.25) is 0 Å². The first kappa shape index (κ1) is 23.8. The monoisotopic (exact) mass is 662 g/mol. The van der Waals surface area contributed by atoms with Crippen molar-refractivity contribution in [3.8, 4) is 56.4 Å². The maximum atomic E-state index is 8.57. The van der Waals surface area contributed by atoms with Crippen LogP contribution in [0, 0.1) is 0 Å². The van der Waals surface area contributed by atoms with Gasteiger partial charge in [0.05, 0.1) is 6.85 Å². The Morgan fingerprint density at radius 2 is 1.12 bits per heavy atom. The molecule has 3 aromatic heterocycles. The fraction of sp³-hybridized carbons (Fsp3) is 0. The standard InChI is InChI=1S/C45H27N3OS/c1-3-12-28(13-4-1)30-16-9-17-31(26-30)44-46-43(29-14-5-2-6-15-29)47-45(48-44)32-24-25-38-37(27-32)41-34(19-11-22-39(41)49-38)36-21-10-20-35-33-18-7-8-23-40(33)50-42(35)36/h1-27H/i1D,3D,4D,12D,13D. The van der Waals surface area contributed by atoms with E-state index in [-0.39, 0.29) is 29.7 Å². The number of rotatable bonds is 5. The molecule has 50 heavy (non-hydrogen) atoms. The van der Waals surface area contributed by atoms with E-state index in [0.29, 0.717) is 28.6 Å². The van der Waals surface area contributed by atoms with Gasteiger partial charge in [-0.2, -0.15) is 0 Å². The SMILES string of the molecule is [2H]c1c([2H])c([2H])c(-c2cccc(-c3nc(-c4ccccc4)nc(-c4ccc5oc6cccc(-c7cccc8c7sc7ccccc78)c6c5c4)n3)c2)c([2H])c1[2H]. The first-order chi connectivity index (χ1) is 26.8. The summed E-state index contributed by atoms with van der Waals surface area (Å²) in [5.74, 6) is 1.31. The molecule has 0 amide bonds. The summed E-state index contributed by atoms with van der Waals surface area (Å²) in [6, 6.07) is 42.2. The van der Waals surface area contributed by atoms with E-state index >= 15 is 0 Å². The summed E-state index contributed by atoms with van der Waals surface area (Å²) in [7, 11) is 0. The fourth-order valence-electron chi connectivity index (χ4n) is 6.71. The molecule has 0 saturated heterocycles. The van der Waals surface area contributed by atoms with Crippen molar-refractivity contribution in [2.75, 3.05) is 0 Å². The number of hydrogen-bond acceptors (Lipinski definition) is 5. The van der Waals surface area contributed by atoms with Crippen LogP contribution in [0.15, 0.2) is 168 Å². The summed E-state index contributed by atoms with van der Waals surface area (Å²) >= 11 is 1.80. The van der Waals surface area contributed by atoms with Crippen molar-refractivity contribution in [1.82, 2.24) is 15.0 Å². The Morgan fingerprint density at radius 1 is 0.460 bits per heavy atom. The van der Waals surface area contributed by atoms with E-state index in [9.17, 15) is 0 Å². The average molecular weight is 663 g/mol. The molecule has 0 aliphatic carbocycles. The molecule has 0 aliphatic heterocycles. The summed E-state index contributed by atoms with van der Waals surface area (Å²) in [5.41, 5.74) is 6.53. The predicted octanol–water partition coefficient (Wildman–Crippen LogP) is 12.5. The van der Waals surface area contributed by atoms with Crippen molar-refractivity contribution < 1.29 is 11.3 Å². The molecule has 234 valence electrons. The summed E-state index contributed by atoms with van der Waals surface area (Å²) < 4.78 is 50.5. The van der Waals surface area contributed by atoms with E-state index in [4.69, 9.17) is 26.2 Å². The molecule has 0 spiro atoms. The van der Waals surface area contributed by atoms with Crippen LogP contribution in [0.3, 0.4) is 0 Å². The third kappa shape index (κ3) is 4.79. The zero-order valence-corrected chi connectivity index (χ0v) is 27.2. The van der Waals surface area contributed by atoms with Crippen LogP contribution in [0.2, 0.25) is 0 Å². The van der Waals surface area contributed by atoms with Crippen LogP contribution in [0.4, 0.5) is 0 Å². The van der Waals surface area contributed by atoms with Crippen molar-refractivity contribution in [3.05, 3.63) is 164 Å². The second-order valence-corrected chi connectivity index (χ2v) is 13.1. The van der Waals surface area contributed by atoms with Gasteiger partial charge in [0.15, 0.2) is 17.5 Å². The lowest BCUT2D eigenvalue weighted by Gasteiger charge is -2.10. The van der Waals surface area contributed by atoms with Gasteiger partial charge in [0.25, 0.3) is 0 Å². The lowest BCUT2D eigenvalue weighted by Crippen LogP contribution is -2.00. The van der Waals surface area contributed by atoms with Crippen molar-refractivity contribution in [2.45, 2.75) is 0 Å². The molecule has 10 aromatic rings. The molecule has 5 heteroatoms. The second kappa shape index (κ2) is 11.6. The maximum absolute atomic E-state index is 8.57. The largest absolute Gasteiger partial charge is 0.456 e. The molecule has 3 heterocycles. The third-order valence-electron chi connectivity index (χ3n) is 9.02. The van der Waals surface area contributed by atoms with Crippen LogP contribution in [0.25, 0.3) is 98.5 Å². The predicted molar refractivity (Wildman–Crippen MR) is 207 cm³/mol. The highest BCUT2D eigenvalue weighted by molar-refractivity contribution is 7.26. The van der Waals surface area contributed by atoms with Gasteiger partial charge in [-0.15, -0.1) is 11.3 Å². The number of thiophene rings is 1. The first-order valence-corrected chi connectivity index (χ1v) is 17.0. The average Bonchev–Trinajstić information content (AvgIpc) is 3.81. The molecule has 0 N–H and O–H groups in total. The van der Waals surface area contributed by atoms with Gasteiger partial charge >= 0.3 is 0 Å². The number of nitrogens with zero attached hydrogens (tertiary/aromatic N) is 3. The number of fused-ring (bicyclic) bond motifs is 6. The number of furan rings is 1. The van der Waals surface area contributed by atoms with E-state index in [2.05, 4.69) is 54.6 Å². The van der Waals surface area contributed by atoms with Crippen LogP contribution in [-0.2, 0) is 0 Å². The van der Waals surface area contributed by atoms with Crippen LogP contribution >= 0.6 is 11.3 Å². The Bertz CT molecular complexity index is 3150. The van der Waals surface area contributed by atoms with Crippen molar-refractivity contribution in [1.29, 1.82) is 0 Å². The minimum atomic E-state index is -0.434. The smallest absolute Gasteiger partial charge is 0.164 e. The van der Waals surface area contributed by atoms with Crippen molar-refractivity contribution in [3.63, 3.8) is 0 Å². The Balaban J connectivity index is 1.16. The van der Waals surface area contributed by atoms with Gasteiger partial charge in [0.1, 0.15) is 11.2 Å². The Kier molecular flexibility index (Phi) is 5.54. The van der Waals surface area contributed by atoms with Crippen molar-refractivity contribution in [2.24, 2.45) is 0 Å². The van der Waals surface area contributed by atoms with Gasteiger partial charge in [-0.1, -0.05) is 127 Å². The van der Waals surface area contributed by atoms with E-state index in [1.165, 1.54) is 20.2 Å². The lowest BCUT2D eigenvalue weighted by molar-refractivity contribution is 0.669. The highest BCUT2D eigenvalue weighted by Crippen LogP contribution is 2.44. The van der Waals surface area contributed by atoms with E-state index < -0.39 is 6.04 Å². The summed E-state index contributed by atoms with van der Waals surface area (Å²) in [6.07, 6.45) is 0. The minimum Gasteiger partial charge on any atom is -0.456 e. The Hall–Kier alpha value is -6.43. The van der Waals surface area contributed by atoms with Crippen LogP contribution in [0.1, 0.15) is 6.85 Å². The quantitative estimate of drug-likeness (QED) is 0.184. The summed E-state index contributed by atoms with van der Waals surface area (Å²) in [4.78, 5) is 14.9.